The van der Waals surface area contributed by atoms with Crippen LogP contribution < -0.4 is 10.2 Å². The molecule has 4 rings (SSSR count). The van der Waals surface area contributed by atoms with E-state index in [1.807, 2.05) is 32.9 Å². The number of rotatable bonds is 5. The molecule has 0 bridgehead atoms. The van der Waals surface area contributed by atoms with Crippen LogP contribution in [0.15, 0.2) is 24.5 Å². The van der Waals surface area contributed by atoms with Crippen LogP contribution in [-0.2, 0) is 17.7 Å². The van der Waals surface area contributed by atoms with E-state index in [1.165, 1.54) is 0 Å². The van der Waals surface area contributed by atoms with Crippen LogP contribution in [0.3, 0.4) is 0 Å². The highest BCUT2D eigenvalue weighted by Gasteiger charge is 2.26. The number of piperazine rings is 1. The van der Waals surface area contributed by atoms with Gasteiger partial charge in [-0.05, 0) is 32.9 Å². The minimum Gasteiger partial charge on any atom is -0.444 e. The lowest BCUT2D eigenvalue weighted by molar-refractivity contribution is 0.0222. The predicted octanol–water partition coefficient (Wildman–Crippen LogP) is 2.02. The van der Waals surface area contributed by atoms with Crippen LogP contribution >= 0.6 is 0 Å². The van der Waals surface area contributed by atoms with Crippen LogP contribution in [-0.4, -0.2) is 87.4 Å². The number of hydrogen-bond donors (Lipinski definition) is 2. The van der Waals surface area contributed by atoms with Gasteiger partial charge in [0.15, 0.2) is 0 Å². The highest BCUT2D eigenvalue weighted by molar-refractivity contribution is 5.68. The first-order valence-electron chi connectivity index (χ1n) is 11.4. The third-order valence-electron chi connectivity index (χ3n) is 5.70. The van der Waals surface area contributed by atoms with Crippen LogP contribution in [0.4, 0.5) is 22.2 Å². The summed E-state index contributed by atoms with van der Waals surface area (Å²) >= 11 is 0. The number of aliphatic hydroxyl groups is 1. The first-order chi connectivity index (χ1) is 15.8. The van der Waals surface area contributed by atoms with Crippen molar-refractivity contribution in [2.75, 3.05) is 56.1 Å². The second-order valence-corrected chi connectivity index (χ2v) is 9.40. The molecule has 2 aromatic heterocycles. The number of carbonyl (C=O) groups is 1. The van der Waals surface area contributed by atoms with Gasteiger partial charge in [-0.15, -0.1) is 0 Å². The Morgan fingerprint density at radius 3 is 2.58 bits per heavy atom. The van der Waals surface area contributed by atoms with Crippen molar-refractivity contribution in [1.29, 1.82) is 0 Å². The molecular formula is C23H33N7O3. The summed E-state index contributed by atoms with van der Waals surface area (Å²) in [5.74, 6) is 1.46. The summed E-state index contributed by atoms with van der Waals surface area (Å²) in [6, 6.07) is 3.98. The van der Waals surface area contributed by atoms with E-state index in [1.54, 1.807) is 17.3 Å². The molecule has 2 N–H and O–H groups in total. The van der Waals surface area contributed by atoms with Crippen molar-refractivity contribution in [3.8, 4) is 0 Å². The molecule has 4 heterocycles. The van der Waals surface area contributed by atoms with E-state index < -0.39 is 5.60 Å². The summed E-state index contributed by atoms with van der Waals surface area (Å²) in [6.07, 6.45) is 3.92. The summed E-state index contributed by atoms with van der Waals surface area (Å²) in [7, 11) is 0. The first kappa shape index (κ1) is 23.2. The molecule has 0 aromatic carbocycles. The minimum atomic E-state index is -0.514. The zero-order valence-corrected chi connectivity index (χ0v) is 19.6. The molecule has 2 aliphatic heterocycles. The number of fused-ring (bicyclic) bond motifs is 1. The molecule has 10 nitrogen and oxygen atoms in total. The Hall–Kier alpha value is -2.98. The number of pyridine rings is 1. The number of nitrogens with one attached hydrogen (secondary N) is 1. The lowest BCUT2D eigenvalue weighted by atomic mass is 10.1. The van der Waals surface area contributed by atoms with E-state index in [4.69, 9.17) is 9.84 Å². The average Bonchev–Trinajstić information content (AvgIpc) is 2.79. The van der Waals surface area contributed by atoms with Gasteiger partial charge < -0.3 is 25.0 Å². The fourth-order valence-electron chi connectivity index (χ4n) is 3.98. The highest BCUT2D eigenvalue weighted by Crippen LogP contribution is 2.22. The summed E-state index contributed by atoms with van der Waals surface area (Å²) in [5.41, 5.74) is 2.19. The number of aliphatic hydroxyl groups excluding tert-OH is 1. The monoisotopic (exact) mass is 455 g/mol. The molecule has 10 heteroatoms. The lowest BCUT2D eigenvalue weighted by Gasteiger charge is -2.35. The van der Waals surface area contributed by atoms with Crippen LogP contribution in [0.2, 0.25) is 0 Å². The number of ether oxygens (including phenoxy) is 1. The molecule has 0 spiro atoms. The Bertz CT molecular complexity index is 954. The van der Waals surface area contributed by atoms with E-state index >= 15 is 0 Å². The summed E-state index contributed by atoms with van der Waals surface area (Å²) in [6.45, 7) is 11.2. The second kappa shape index (κ2) is 9.88. The Balaban J connectivity index is 1.34. The van der Waals surface area contributed by atoms with Gasteiger partial charge in [-0.2, -0.15) is 0 Å². The minimum absolute atomic E-state index is 0.200. The van der Waals surface area contributed by atoms with Crippen LogP contribution in [0.1, 0.15) is 32.0 Å². The van der Waals surface area contributed by atoms with E-state index in [9.17, 15) is 4.79 Å². The van der Waals surface area contributed by atoms with Gasteiger partial charge in [0.25, 0.3) is 0 Å². The van der Waals surface area contributed by atoms with Gasteiger partial charge in [0, 0.05) is 57.4 Å². The van der Waals surface area contributed by atoms with Crippen molar-refractivity contribution in [1.82, 2.24) is 24.8 Å². The van der Waals surface area contributed by atoms with Crippen molar-refractivity contribution in [2.24, 2.45) is 0 Å². The van der Waals surface area contributed by atoms with Crippen molar-refractivity contribution < 1.29 is 14.6 Å². The first-order valence-corrected chi connectivity index (χ1v) is 11.4. The van der Waals surface area contributed by atoms with Gasteiger partial charge in [0.2, 0.25) is 5.95 Å². The van der Waals surface area contributed by atoms with E-state index in [0.717, 1.165) is 55.5 Å². The summed E-state index contributed by atoms with van der Waals surface area (Å²) < 4.78 is 5.48. The zero-order chi connectivity index (χ0) is 23.4. The molecule has 1 amide bonds. The molecule has 1 saturated heterocycles. The van der Waals surface area contributed by atoms with Crippen molar-refractivity contribution in [3.05, 3.63) is 35.8 Å². The van der Waals surface area contributed by atoms with Crippen LogP contribution in [0.5, 0.6) is 0 Å². The predicted molar refractivity (Wildman–Crippen MR) is 126 cm³/mol. The molecule has 2 aromatic rings. The molecule has 2 aliphatic rings. The van der Waals surface area contributed by atoms with Gasteiger partial charge in [-0.3, -0.25) is 4.90 Å². The molecule has 1 fully saturated rings. The topological polar surface area (TPSA) is 107 Å². The maximum Gasteiger partial charge on any atom is 0.410 e. The molecular weight excluding hydrogens is 422 g/mol. The van der Waals surface area contributed by atoms with Gasteiger partial charge in [0.05, 0.1) is 30.7 Å². The van der Waals surface area contributed by atoms with Crippen molar-refractivity contribution >= 4 is 23.5 Å². The molecule has 0 atom stereocenters. The largest absolute Gasteiger partial charge is 0.444 e. The standard InChI is InChI=1S/C23H33N7O3/c1-23(2,3)33-22(32)30-7-6-19-17(16-30)14-25-21(27-19)26-18-4-5-20(24-15-18)29-10-8-28(9-11-29)12-13-31/h4-5,14-15,31H,6-13,16H2,1-3H3,(H,25,26,27). The normalized spacial score (nSPS) is 17.0. The van der Waals surface area contributed by atoms with E-state index in [0.29, 0.717) is 25.5 Å². The highest BCUT2D eigenvalue weighted by atomic mass is 16.6. The Morgan fingerprint density at radius 1 is 1.12 bits per heavy atom. The van der Waals surface area contributed by atoms with Gasteiger partial charge >= 0.3 is 6.09 Å². The maximum atomic E-state index is 12.3. The summed E-state index contributed by atoms with van der Waals surface area (Å²) in [5, 5.41) is 12.3. The van der Waals surface area contributed by atoms with Gasteiger partial charge in [0.1, 0.15) is 11.4 Å². The molecule has 0 saturated carbocycles. The van der Waals surface area contributed by atoms with E-state index in [-0.39, 0.29) is 12.7 Å². The third-order valence-corrected chi connectivity index (χ3v) is 5.70. The van der Waals surface area contributed by atoms with E-state index in [2.05, 4.69) is 30.1 Å². The maximum absolute atomic E-state index is 12.3. The fraction of sp³-hybridized carbons (Fsp3) is 0.565. The van der Waals surface area contributed by atoms with Crippen molar-refractivity contribution in [2.45, 2.75) is 39.3 Å². The van der Waals surface area contributed by atoms with Crippen LogP contribution in [0.25, 0.3) is 0 Å². The fourth-order valence-corrected chi connectivity index (χ4v) is 3.98. The summed E-state index contributed by atoms with van der Waals surface area (Å²) in [4.78, 5) is 32.2. The number of hydrogen-bond acceptors (Lipinski definition) is 9. The Morgan fingerprint density at radius 2 is 1.91 bits per heavy atom. The number of anilines is 3. The van der Waals surface area contributed by atoms with Crippen molar-refractivity contribution in [3.63, 3.8) is 0 Å². The van der Waals surface area contributed by atoms with Gasteiger partial charge in [-0.25, -0.2) is 19.7 Å². The molecule has 0 unspecified atom stereocenters. The number of carbonyl (C=O) groups excluding carboxylic acids is 1. The molecule has 0 aliphatic carbocycles. The molecule has 33 heavy (non-hydrogen) atoms. The number of nitrogens with zero attached hydrogens (tertiary/aromatic N) is 6. The third kappa shape index (κ3) is 6.08. The zero-order valence-electron chi connectivity index (χ0n) is 19.6. The average molecular weight is 456 g/mol. The second-order valence-electron chi connectivity index (χ2n) is 9.40. The lowest BCUT2D eigenvalue weighted by Crippen LogP contribution is -2.47. The molecule has 178 valence electrons. The number of β-amino-alcohol motifs (C(OH)–C–C–N with tert-alkyl or cyclic N) is 1. The quantitative estimate of drug-likeness (QED) is 0.700. The SMILES string of the molecule is CC(C)(C)OC(=O)N1CCc2nc(Nc3ccc(N4CCN(CCO)CC4)nc3)ncc2C1. The smallest absolute Gasteiger partial charge is 0.410 e. The van der Waals surface area contributed by atoms with Gasteiger partial charge in [-0.1, -0.05) is 0 Å². The number of aromatic nitrogens is 3. The number of amides is 1. The molecule has 0 radical (unpaired) electrons. The Kier molecular flexibility index (Phi) is 6.94. The van der Waals surface area contributed by atoms with Crippen LogP contribution in [0, 0.1) is 0 Å². The Labute approximate surface area is 194 Å².